The maximum absolute atomic E-state index is 12.5. The summed E-state index contributed by atoms with van der Waals surface area (Å²) in [6, 6.07) is 3.69. The zero-order valence-corrected chi connectivity index (χ0v) is 8.98. The average molecular weight is 279 g/mol. The van der Waals surface area contributed by atoms with Crippen LogP contribution in [0, 0.1) is 11.8 Å². The second-order valence-corrected chi connectivity index (χ2v) is 3.56. The molecule has 0 radical (unpaired) electrons. The minimum atomic E-state index is -4.44. The van der Waals surface area contributed by atoms with Gasteiger partial charge in [-0.1, -0.05) is 27.8 Å². The summed E-state index contributed by atoms with van der Waals surface area (Å²) in [5, 5.41) is 8.41. The van der Waals surface area contributed by atoms with Crippen molar-refractivity contribution in [2.24, 2.45) is 0 Å². The van der Waals surface area contributed by atoms with Crippen molar-refractivity contribution in [1.29, 1.82) is 0 Å². The van der Waals surface area contributed by atoms with Crippen LogP contribution in [0.5, 0.6) is 0 Å². The first-order valence-electron chi connectivity index (χ1n) is 3.91. The standard InChI is InChI=1S/C10H6BrF3O/c11-8-4-3-7(2-1-5-15)9(6-8)10(12,13)14/h3-4,6,15H,5H2. The fourth-order valence-electron chi connectivity index (χ4n) is 0.995. The van der Waals surface area contributed by atoms with Crippen LogP contribution in [-0.2, 0) is 6.18 Å². The first kappa shape index (κ1) is 12.1. The summed E-state index contributed by atoms with van der Waals surface area (Å²) in [6.45, 7) is -0.465. The van der Waals surface area contributed by atoms with E-state index in [1.165, 1.54) is 12.1 Å². The third kappa shape index (κ3) is 3.26. The lowest BCUT2D eigenvalue weighted by molar-refractivity contribution is -0.137. The minimum absolute atomic E-state index is 0.139. The lowest BCUT2D eigenvalue weighted by atomic mass is 10.1. The molecule has 0 atom stereocenters. The predicted octanol–water partition coefficient (Wildman–Crippen LogP) is 2.81. The first-order valence-corrected chi connectivity index (χ1v) is 4.71. The van der Waals surface area contributed by atoms with Crippen LogP contribution in [0.4, 0.5) is 13.2 Å². The van der Waals surface area contributed by atoms with Gasteiger partial charge in [0.05, 0.1) is 5.56 Å². The van der Waals surface area contributed by atoms with E-state index in [1.807, 2.05) is 0 Å². The Bertz CT molecular complexity index is 415. The average Bonchev–Trinajstić information content (AvgIpc) is 2.14. The Kier molecular flexibility index (Phi) is 3.77. The highest BCUT2D eigenvalue weighted by Crippen LogP contribution is 2.33. The second kappa shape index (κ2) is 4.69. The van der Waals surface area contributed by atoms with Gasteiger partial charge in [-0.3, -0.25) is 0 Å². The number of alkyl halides is 3. The number of hydrogen-bond donors (Lipinski definition) is 1. The third-order valence-electron chi connectivity index (χ3n) is 1.59. The van der Waals surface area contributed by atoms with Gasteiger partial charge < -0.3 is 5.11 Å². The topological polar surface area (TPSA) is 20.2 Å². The Morgan fingerprint density at radius 2 is 2.00 bits per heavy atom. The van der Waals surface area contributed by atoms with Crippen LogP contribution in [-0.4, -0.2) is 11.7 Å². The SMILES string of the molecule is OCC#Cc1ccc(Br)cc1C(F)(F)F. The molecule has 0 aliphatic heterocycles. The van der Waals surface area contributed by atoms with Gasteiger partial charge in [0.1, 0.15) is 6.61 Å². The van der Waals surface area contributed by atoms with Gasteiger partial charge in [0.15, 0.2) is 0 Å². The van der Waals surface area contributed by atoms with Gasteiger partial charge in [-0.2, -0.15) is 13.2 Å². The van der Waals surface area contributed by atoms with Crippen LogP contribution >= 0.6 is 15.9 Å². The lowest BCUT2D eigenvalue weighted by Crippen LogP contribution is -2.07. The summed E-state index contributed by atoms with van der Waals surface area (Å²) in [5.41, 5.74) is -0.947. The molecule has 0 heterocycles. The zero-order valence-electron chi connectivity index (χ0n) is 7.40. The molecule has 1 aromatic carbocycles. The molecule has 0 aliphatic rings. The molecule has 0 saturated carbocycles. The van der Waals surface area contributed by atoms with E-state index < -0.39 is 18.3 Å². The normalized spacial score (nSPS) is 10.7. The van der Waals surface area contributed by atoms with Gasteiger partial charge in [-0.05, 0) is 18.2 Å². The Labute approximate surface area is 93.0 Å². The van der Waals surface area contributed by atoms with E-state index in [-0.39, 0.29) is 5.56 Å². The molecule has 0 aliphatic carbocycles. The van der Waals surface area contributed by atoms with E-state index in [1.54, 1.807) is 0 Å². The maximum atomic E-state index is 12.5. The molecule has 80 valence electrons. The van der Waals surface area contributed by atoms with E-state index in [2.05, 4.69) is 27.8 Å². The number of benzene rings is 1. The van der Waals surface area contributed by atoms with Gasteiger partial charge >= 0.3 is 6.18 Å². The highest BCUT2D eigenvalue weighted by Gasteiger charge is 2.33. The van der Waals surface area contributed by atoms with E-state index in [0.29, 0.717) is 4.47 Å². The highest BCUT2D eigenvalue weighted by molar-refractivity contribution is 9.10. The summed E-state index contributed by atoms with van der Waals surface area (Å²) in [6.07, 6.45) is -4.44. The molecule has 1 nitrogen and oxygen atoms in total. The largest absolute Gasteiger partial charge is 0.417 e. The lowest BCUT2D eigenvalue weighted by Gasteiger charge is -2.09. The van der Waals surface area contributed by atoms with Crippen molar-refractivity contribution in [3.05, 3.63) is 33.8 Å². The van der Waals surface area contributed by atoms with Crippen LogP contribution in [0.15, 0.2) is 22.7 Å². The Morgan fingerprint density at radius 1 is 1.33 bits per heavy atom. The number of hydrogen-bond acceptors (Lipinski definition) is 1. The smallest absolute Gasteiger partial charge is 0.384 e. The molecule has 1 rings (SSSR count). The summed E-state index contributed by atoms with van der Waals surface area (Å²) in [7, 11) is 0. The van der Waals surface area contributed by atoms with Crippen molar-refractivity contribution < 1.29 is 18.3 Å². The van der Waals surface area contributed by atoms with E-state index >= 15 is 0 Å². The molecular formula is C10H6BrF3O. The molecule has 0 amide bonds. The van der Waals surface area contributed by atoms with Gasteiger partial charge in [0.2, 0.25) is 0 Å². The number of halogens is 4. The minimum Gasteiger partial charge on any atom is -0.384 e. The van der Waals surface area contributed by atoms with Crippen molar-refractivity contribution in [3.63, 3.8) is 0 Å². The van der Waals surface area contributed by atoms with Crippen molar-refractivity contribution in [3.8, 4) is 11.8 Å². The molecule has 1 N–H and O–H groups in total. The van der Waals surface area contributed by atoms with Gasteiger partial charge in [-0.25, -0.2) is 0 Å². The van der Waals surface area contributed by atoms with Crippen LogP contribution in [0.25, 0.3) is 0 Å². The van der Waals surface area contributed by atoms with E-state index in [9.17, 15) is 13.2 Å². The molecule has 15 heavy (non-hydrogen) atoms. The summed E-state index contributed by atoms with van der Waals surface area (Å²) in [5.74, 6) is 4.44. The van der Waals surface area contributed by atoms with Crippen LogP contribution < -0.4 is 0 Å². The molecule has 1 aromatic rings. The summed E-state index contributed by atoms with van der Waals surface area (Å²) < 4.78 is 37.9. The van der Waals surface area contributed by atoms with E-state index in [4.69, 9.17) is 5.11 Å². The number of rotatable bonds is 0. The molecule has 0 aromatic heterocycles. The molecule has 0 fully saturated rings. The molecule has 0 unspecified atom stereocenters. The zero-order chi connectivity index (χ0) is 11.5. The van der Waals surface area contributed by atoms with Crippen LogP contribution in [0.3, 0.4) is 0 Å². The predicted molar refractivity (Wildman–Crippen MR) is 53.1 cm³/mol. The van der Waals surface area contributed by atoms with E-state index in [0.717, 1.165) is 6.07 Å². The van der Waals surface area contributed by atoms with Crippen molar-refractivity contribution in [1.82, 2.24) is 0 Å². The quantitative estimate of drug-likeness (QED) is 0.724. The second-order valence-electron chi connectivity index (χ2n) is 2.65. The molecule has 5 heteroatoms. The Balaban J connectivity index is 3.27. The molecule has 0 spiro atoms. The van der Waals surface area contributed by atoms with Gasteiger partial charge in [0.25, 0.3) is 0 Å². The van der Waals surface area contributed by atoms with Crippen molar-refractivity contribution >= 4 is 15.9 Å². The van der Waals surface area contributed by atoms with Gasteiger partial charge in [-0.15, -0.1) is 0 Å². The highest BCUT2D eigenvalue weighted by atomic mass is 79.9. The van der Waals surface area contributed by atoms with Crippen molar-refractivity contribution in [2.75, 3.05) is 6.61 Å². The maximum Gasteiger partial charge on any atom is 0.417 e. The fourth-order valence-corrected chi connectivity index (χ4v) is 1.36. The number of aliphatic hydroxyl groups is 1. The first-order chi connectivity index (χ1) is 6.95. The van der Waals surface area contributed by atoms with Crippen molar-refractivity contribution in [2.45, 2.75) is 6.18 Å². The fraction of sp³-hybridized carbons (Fsp3) is 0.200. The molecule has 0 saturated heterocycles. The Morgan fingerprint density at radius 3 is 2.53 bits per heavy atom. The summed E-state index contributed by atoms with van der Waals surface area (Å²) >= 11 is 2.96. The molecule has 0 bridgehead atoms. The monoisotopic (exact) mass is 278 g/mol. The Hall–Kier alpha value is -0.990. The molecular weight excluding hydrogens is 273 g/mol. The summed E-state index contributed by atoms with van der Waals surface area (Å²) in [4.78, 5) is 0. The number of aliphatic hydroxyl groups excluding tert-OH is 1. The van der Waals surface area contributed by atoms with Crippen LogP contribution in [0.2, 0.25) is 0 Å². The third-order valence-corrected chi connectivity index (χ3v) is 2.08. The van der Waals surface area contributed by atoms with Crippen LogP contribution in [0.1, 0.15) is 11.1 Å². The van der Waals surface area contributed by atoms with Gasteiger partial charge in [0, 0.05) is 10.0 Å².